The average molecular weight is 792 g/mol. The highest BCUT2D eigenvalue weighted by Crippen LogP contribution is 2.46. The van der Waals surface area contributed by atoms with E-state index < -0.39 is 0 Å². The number of anilines is 3. The van der Waals surface area contributed by atoms with E-state index in [1.807, 2.05) is 12.1 Å². The van der Waals surface area contributed by atoms with Gasteiger partial charge in [-0.25, -0.2) is 0 Å². The van der Waals surface area contributed by atoms with Gasteiger partial charge in [-0.1, -0.05) is 189 Å². The van der Waals surface area contributed by atoms with Gasteiger partial charge in [-0.2, -0.15) is 0 Å². The summed E-state index contributed by atoms with van der Waals surface area (Å²) in [5, 5.41) is 13.0. The van der Waals surface area contributed by atoms with Gasteiger partial charge in [-0.05, 0) is 117 Å². The Hall–Kier alpha value is -6.84. The molecule has 7 aromatic carbocycles. The van der Waals surface area contributed by atoms with Crippen molar-refractivity contribution < 1.29 is 0 Å². The lowest BCUT2D eigenvalue weighted by molar-refractivity contribution is 0.558. The van der Waals surface area contributed by atoms with Gasteiger partial charge in [0.05, 0.1) is 17.4 Å². The number of hydrogen-bond acceptors (Lipinski definition) is 3. The van der Waals surface area contributed by atoms with Gasteiger partial charge in [0.2, 0.25) is 0 Å². The van der Waals surface area contributed by atoms with Crippen molar-refractivity contribution in [3.8, 4) is 11.1 Å². The lowest BCUT2D eigenvalue weighted by Crippen LogP contribution is -2.23. The third-order valence-corrected chi connectivity index (χ3v) is 13.3. The Morgan fingerprint density at radius 1 is 0.738 bits per heavy atom. The van der Waals surface area contributed by atoms with Crippen LogP contribution in [-0.2, 0) is 5.41 Å². The van der Waals surface area contributed by atoms with Crippen molar-refractivity contribution in [2.45, 2.75) is 57.4 Å². The van der Waals surface area contributed by atoms with Crippen molar-refractivity contribution in [1.82, 2.24) is 0 Å². The number of fused-ring (bicyclic) bond motifs is 2. The van der Waals surface area contributed by atoms with Crippen LogP contribution in [0.15, 0.2) is 211 Å². The number of nitrogens with one attached hydrogen (secondary N) is 2. The molecule has 0 saturated carbocycles. The van der Waals surface area contributed by atoms with Gasteiger partial charge >= 0.3 is 0 Å². The summed E-state index contributed by atoms with van der Waals surface area (Å²) in [4.78, 5) is 0. The molecule has 3 nitrogen and oxygen atoms in total. The highest BCUT2D eigenvalue weighted by molar-refractivity contribution is 6.01. The second-order valence-electron chi connectivity index (χ2n) is 17.5. The third-order valence-electron chi connectivity index (χ3n) is 13.3. The van der Waals surface area contributed by atoms with Gasteiger partial charge in [0.1, 0.15) is 0 Å². The van der Waals surface area contributed by atoms with E-state index in [9.17, 15) is 0 Å². The highest BCUT2D eigenvalue weighted by Gasteiger charge is 2.30. The van der Waals surface area contributed by atoms with Crippen LogP contribution in [0.3, 0.4) is 0 Å². The molecule has 10 rings (SSSR count). The second kappa shape index (κ2) is 16.3. The summed E-state index contributed by atoms with van der Waals surface area (Å²) in [5.41, 5.74) is 22.7. The monoisotopic (exact) mass is 791 g/mol. The third kappa shape index (κ3) is 7.62. The maximum Gasteiger partial charge on any atom is 0.0578 e. The normalized spacial score (nSPS) is 19.2. The molecule has 3 aliphatic rings. The molecule has 3 atom stereocenters. The first-order valence-corrected chi connectivity index (χ1v) is 22.0. The highest BCUT2D eigenvalue weighted by atomic mass is 14.9. The minimum atomic E-state index is -0.116. The zero-order chi connectivity index (χ0) is 41.3. The molecule has 3 heteroatoms. The van der Waals surface area contributed by atoms with E-state index in [1.54, 1.807) is 5.57 Å². The van der Waals surface area contributed by atoms with Crippen LogP contribution in [-0.4, -0.2) is 0 Å². The molecule has 3 aliphatic carbocycles. The number of nitrogens with two attached hydrogens (primary N) is 1. The fourth-order valence-corrected chi connectivity index (χ4v) is 10.2. The topological polar surface area (TPSA) is 50.1 Å². The molecular formula is C58H53N3. The molecule has 0 aliphatic heterocycles. The number of nitrogen functional groups attached to an aromatic ring is 1. The fraction of sp³-hybridized carbons (Fsp3) is 0.172. The predicted octanol–water partition coefficient (Wildman–Crippen LogP) is 15.1. The fourth-order valence-electron chi connectivity index (χ4n) is 10.2. The maximum absolute atomic E-state index is 6.60. The SMILES string of the molecule is CC1CC(Nc2ccc3c([C@H](CC4=CC=CC(C)(c5ccc(-c6ccccc6)cc5)C4)Nc4ccccc4N)cccc3c2)=C(c2cccc3ccccc23)C2=C1CCC=C2. The molecule has 4 N–H and O–H groups in total. The minimum absolute atomic E-state index is 0.00187. The van der Waals surface area contributed by atoms with Crippen molar-refractivity contribution in [1.29, 1.82) is 0 Å². The summed E-state index contributed by atoms with van der Waals surface area (Å²) in [6.07, 6.45) is 16.7. The van der Waals surface area contributed by atoms with E-state index in [2.05, 4.69) is 200 Å². The van der Waals surface area contributed by atoms with Crippen molar-refractivity contribution in [3.05, 3.63) is 227 Å². The molecule has 0 saturated heterocycles. The first kappa shape index (κ1) is 38.4. The summed E-state index contributed by atoms with van der Waals surface area (Å²) in [6, 6.07) is 57.1. The molecule has 0 bridgehead atoms. The van der Waals surface area contributed by atoms with Crippen LogP contribution in [0, 0.1) is 5.92 Å². The Kier molecular flexibility index (Phi) is 10.3. The molecule has 0 aromatic heterocycles. The van der Waals surface area contributed by atoms with Crippen LogP contribution in [0.5, 0.6) is 0 Å². The second-order valence-corrected chi connectivity index (χ2v) is 17.5. The first-order chi connectivity index (χ1) is 29.9. The van der Waals surface area contributed by atoms with Gasteiger partial charge in [-0.3, -0.25) is 0 Å². The molecule has 0 fully saturated rings. The van der Waals surface area contributed by atoms with Gasteiger partial charge < -0.3 is 16.4 Å². The molecule has 61 heavy (non-hydrogen) atoms. The van der Waals surface area contributed by atoms with E-state index in [4.69, 9.17) is 5.73 Å². The molecule has 0 spiro atoms. The summed E-state index contributed by atoms with van der Waals surface area (Å²) in [7, 11) is 0. The van der Waals surface area contributed by atoms with Crippen molar-refractivity contribution in [2.75, 3.05) is 16.4 Å². The standard InChI is InChI=1S/C58H53N3/c1-39-35-56(57(51-23-9-8-21-47(39)51)52-25-12-19-43-18-6-7-22-48(43)52)60-46-32-33-49-44(37-46)20-13-24-50(49)55(61-54-27-11-10-26-53(54)59)36-40-15-14-34-58(2,38-40)45-30-28-42(29-31-45)41-16-4-3-5-17-41/h3-7,9-20,22-34,37,39,55,60-61H,8,21,35-36,38,59H2,1-2H3/t39?,55-,58?/m0/s1. The molecular weight excluding hydrogens is 739 g/mol. The number of hydrogen-bond donors (Lipinski definition) is 3. The summed E-state index contributed by atoms with van der Waals surface area (Å²) >= 11 is 0. The predicted molar refractivity (Wildman–Crippen MR) is 261 cm³/mol. The smallest absolute Gasteiger partial charge is 0.0578 e. The number of rotatable bonds is 10. The Morgan fingerprint density at radius 3 is 2.36 bits per heavy atom. The quantitative estimate of drug-likeness (QED) is 0.121. The summed E-state index contributed by atoms with van der Waals surface area (Å²) in [6.45, 7) is 4.77. The van der Waals surface area contributed by atoms with E-state index in [-0.39, 0.29) is 11.5 Å². The Labute approximate surface area is 360 Å². The van der Waals surface area contributed by atoms with E-state index >= 15 is 0 Å². The molecule has 0 amide bonds. The minimum Gasteiger partial charge on any atom is -0.397 e. The van der Waals surface area contributed by atoms with Gasteiger partial charge in [0.25, 0.3) is 0 Å². The van der Waals surface area contributed by atoms with Crippen molar-refractivity contribution in [2.24, 2.45) is 5.92 Å². The van der Waals surface area contributed by atoms with Crippen LogP contribution < -0.4 is 16.4 Å². The molecule has 0 radical (unpaired) electrons. The summed E-state index contributed by atoms with van der Waals surface area (Å²) in [5.74, 6) is 0.477. The lowest BCUT2D eigenvalue weighted by atomic mass is 9.73. The van der Waals surface area contributed by atoms with Crippen LogP contribution in [0.1, 0.15) is 68.7 Å². The summed E-state index contributed by atoms with van der Waals surface area (Å²) < 4.78 is 0. The molecule has 2 unspecified atom stereocenters. The first-order valence-electron chi connectivity index (χ1n) is 22.0. The Bertz CT molecular complexity index is 2920. The number of benzene rings is 7. The average Bonchev–Trinajstić information content (AvgIpc) is 3.30. The zero-order valence-corrected chi connectivity index (χ0v) is 35.2. The van der Waals surface area contributed by atoms with Crippen LogP contribution in [0.4, 0.5) is 17.1 Å². The Morgan fingerprint density at radius 2 is 1.49 bits per heavy atom. The van der Waals surface area contributed by atoms with Crippen molar-refractivity contribution in [3.63, 3.8) is 0 Å². The number of para-hydroxylation sites is 2. The number of allylic oxidation sites excluding steroid dienone is 9. The maximum atomic E-state index is 6.60. The van der Waals surface area contributed by atoms with Gasteiger partial charge in [0, 0.05) is 22.4 Å². The van der Waals surface area contributed by atoms with Gasteiger partial charge in [-0.15, -0.1) is 0 Å². The van der Waals surface area contributed by atoms with E-state index in [1.165, 1.54) is 71.8 Å². The Balaban J connectivity index is 0.986. The molecule has 300 valence electrons. The largest absolute Gasteiger partial charge is 0.397 e. The van der Waals surface area contributed by atoms with Crippen LogP contribution in [0.2, 0.25) is 0 Å². The molecule has 7 aromatic rings. The lowest BCUT2D eigenvalue weighted by Gasteiger charge is -2.33. The van der Waals surface area contributed by atoms with E-state index in [0.29, 0.717) is 5.92 Å². The van der Waals surface area contributed by atoms with Crippen molar-refractivity contribution >= 4 is 44.2 Å². The van der Waals surface area contributed by atoms with Gasteiger partial charge in [0.15, 0.2) is 0 Å². The van der Waals surface area contributed by atoms with Crippen LogP contribution >= 0.6 is 0 Å². The van der Waals surface area contributed by atoms with Crippen LogP contribution in [0.25, 0.3) is 38.2 Å². The van der Waals surface area contributed by atoms with E-state index in [0.717, 1.165) is 49.2 Å². The molecule has 0 heterocycles. The zero-order valence-electron chi connectivity index (χ0n) is 35.2.